The van der Waals surface area contributed by atoms with Crippen molar-refractivity contribution in [2.45, 2.75) is 19.4 Å². The quantitative estimate of drug-likeness (QED) is 0.187. The number of piperidine rings is 1. The van der Waals surface area contributed by atoms with E-state index in [4.69, 9.17) is 32.7 Å². The van der Waals surface area contributed by atoms with Crippen LogP contribution in [0, 0.1) is 17.1 Å². The molecule has 3 aromatic carbocycles. The second kappa shape index (κ2) is 12.2. The van der Waals surface area contributed by atoms with E-state index >= 15 is 0 Å². The molecule has 1 saturated heterocycles. The summed E-state index contributed by atoms with van der Waals surface area (Å²) in [5.74, 6) is -1.30. The molecule has 0 bridgehead atoms. The zero-order valence-electron chi connectivity index (χ0n) is 23.5. The van der Waals surface area contributed by atoms with Gasteiger partial charge in [-0.2, -0.15) is 0 Å². The van der Waals surface area contributed by atoms with E-state index in [9.17, 15) is 14.0 Å². The van der Waals surface area contributed by atoms with Crippen molar-refractivity contribution in [2.75, 3.05) is 18.4 Å². The summed E-state index contributed by atoms with van der Waals surface area (Å²) >= 11 is 6.35. The molecule has 1 aromatic heterocycles. The lowest BCUT2D eigenvalue weighted by Crippen LogP contribution is -2.49. The number of likely N-dealkylation sites (tertiary alicyclic amines) is 1. The van der Waals surface area contributed by atoms with Crippen LogP contribution in [0.4, 0.5) is 16.0 Å². The van der Waals surface area contributed by atoms with Gasteiger partial charge in [0, 0.05) is 57.8 Å². The van der Waals surface area contributed by atoms with Crippen molar-refractivity contribution in [3.8, 4) is 11.3 Å². The average Bonchev–Trinajstić information content (AvgIpc) is 3.18. The third-order valence-corrected chi connectivity index (χ3v) is 7.90. The van der Waals surface area contributed by atoms with Gasteiger partial charge in [-0.05, 0) is 61.4 Å². The van der Waals surface area contributed by atoms with E-state index in [2.05, 4.69) is 15.6 Å². The topological polar surface area (TPSA) is 149 Å². The van der Waals surface area contributed by atoms with Crippen LogP contribution in [-0.2, 0) is 11.3 Å². The molecule has 2 aliphatic heterocycles. The van der Waals surface area contributed by atoms with Crippen LogP contribution in [0.25, 0.3) is 11.3 Å². The number of guanidine groups is 1. The maximum atomic E-state index is 14.8. The number of nitrogens with two attached hydrogens (primary N) is 1. The van der Waals surface area contributed by atoms with E-state index in [1.54, 1.807) is 65.7 Å². The van der Waals surface area contributed by atoms with Gasteiger partial charge in [0.2, 0.25) is 11.9 Å². The molecule has 4 aromatic rings. The molecule has 0 spiro atoms. The number of amides is 2. The van der Waals surface area contributed by atoms with Gasteiger partial charge < -0.3 is 16.0 Å². The Bertz CT molecular complexity index is 1810. The molecule has 6 rings (SSSR count). The summed E-state index contributed by atoms with van der Waals surface area (Å²) in [5, 5.41) is 14.6. The number of benzene rings is 3. The zero-order valence-corrected chi connectivity index (χ0v) is 24.2. The number of anilines is 2. The molecule has 0 saturated carbocycles. The van der Waals surface area contributed by atoms with E-state index in [1.807, 2.05) is 6.07 Å². The number of hydrogen-bond donors (Lipinski definition) is 4. The van der Waals surface area contributed by atoms with Gasteiger partial charge in [-0.3, -0.25) is 25.3 Å². The van der Waals surface area contributed by atoms with Crippen LogP contribution in [0.3, 0.4) is 0 Å². The first-order valence-corrected chi connectivity index (χ1v) is 14.4. The minimum atomic E-state index is -0.440. The molecule has 1 atom stereocenters. The number of aromatic nitrogens is 2. The highest BCUT2D eigenvalue weighted by atomic mass is 35.5. The highest BCUT2D eigenvalue weighted by Gasteiger charge is 2.27. The lowest BCUT2D eigenvalue weighted by atomic mass is 9.95. The Balaban J connectivity index is 1.19. The van der Waals surface area contributed by atoms with Crippen molar-refractivity contribution in [1.29, 1.82) is 5.41 Å². The summed E-state index contributed by atoms with van der Waals surface area (Å²) in [6.07, 6.45) is 3.09. The summed E-state index contributed by atoms with van der Waals surface area (Å²) in [7, 11) is 0. The molecule has 1 unspecified atom stereocenters. The Morgan fingerprint density at radius 2 is 1.84 bits per heavy atom. The monoisotopic (exact) mass is 610 g/mol. The van der Waals surface area contributed by atoms with Crippen molar-refractivity contribution in [2.24, 2.45) is 16.6 Å². The molecule has 1 fully saturated rings. The van der Waals surface area contributed by atoms with Crippen molar-refractivity contribution < 1.29 is 14.0 Å². The Morgan fingerprint density at radius 3 is 2.61 bits per heavy atom. The summed E-state index contributed by atoms with van der Waals surface area (Å²) in [5.41, 5.74) is 10.1. The molecule has 5 N–H and O–H groups in total. The van der Waals surface area contributed by atoms with Gasteiger partial charge in [0.15, 0.2) is 5.96 Å². The maximum Gasteiger partial charge on any atom is 0.257 e. The standard InChI is InChI=1S/C32H28ClFN8O2/c33-21-9-12-23-25(14-21)28(24-5-1-2-6-26(24)34)37-15-20-16-38-32(40-27(20)23)39-22-10-7-18(8-11-22)30(44)41-31(36)42-13-3-4-19(17-42)29(35)43/h1-2,5-12,14,16,19H,3-4,13,15,17H2,(H2,35,43)(H2,36,41,44)(H,38,39,40). The van der Waals surface area contributed by atoms with Gasteiger partial charge in [0.1, 0.15) is 5.82 Å². The molecule has 0 radical (unpaired) electrons. The van der Waals surface area contributed by atoms with E-state index in [0.29, 0.717) is 64.3 Å². The Kier molecular flexibility index (Phi) is 8.03. The SMILES string of the molecule is N=C(NC(=O)c1ccc(Nc2ncc3c(n2)-c2ccc(Cl)cc2C(c2ccccc2F)=NC3)cc1)N1CCCC(C(N)=O)C1. The molecule has 2 amide bonds. The maximum absolute atomic E-state index is 14.8. The minimum absolute atomic E-state index is 0.0646. The Morgan fingerprint density at radius 1 is 1.05 bits per heavy atom. The van der Waals surface area contributed by atoms with Crippen LogP contribution in [-0.4, -0.2) is 51.4 Å². The average molecular weight is 611 g/mol. The van der Waals surface area contributed by atoms with Gasteiger partial charge in [-0.1, -0.05) is 29.8 Å². The molecule has 44 heavy (non-hydrogen) atoms. The smallest absolute Gasteiger partial charge is 0.257 e. The molecule has 2 aliphatic rings. The van der Waals surface area contributed by atoms with E-state index < -0.39 is 11.8 Å². The van der Waals surface area contributed by atoms with E-state index in [0.717, 1.165) is 17.5 Å². The predicted molar refractivity (Wildman–Crippen MR) is 167 cm³/mol. The summed E-state index contributed by atoms with van der Waals surface area (Å²) in [6, 6.07) is 18.5. The molecule has 12 heteroatoms. The number of aliphatic imine (C=N–C) groups is 1. The lowest BCUT2D eigenvalue weighted by Gasteiger charge is -2.32. The predicted octanol–water partition coefficient (Wildman–Crippen LogP) is 4.89. The number of primary amides is 1. The molecule has 0 aliphatic carbocycles. The van der Waals surface area contributed by atoms with Crippen LogP contribution >= 0.6 is 11.6 Å². The van der Waals surface area contributed by atoms with Crippen molar-refractivity contribution in [3.05, 3.63) is 106 Å². The number of nitrogens with zero attached hydrogens (tertiary/aromatic N) is 4. The highest BCUT2D eigenvalue weighted by Crippen LogP contribution is 2.34. The first-order valence-electron chi connectivity index (χ1n) is 14.0. The number of halogens is 2. The first kappa shape index (κ1) is 28.9. The Labute approximate surface area is 257 Å². The number of nitrogens with one attached hydrogen (secondary N) is 3. The Hall–Kier alpha value is -5.16. The molecular weight excluding hydrogens is 583 g/mol. The second-order valence-corrected chi connectivity index (χ2v) is 11.0. The van der Waals surface area contributed by atoms with Crippen LogP contribution < -0.4 is 16.4 Å². The molecule has 10 nitrogen and oxygen atoms in total. The third-order valence-electron chi connectivity index (χ3n) is 7.67. The molecule has 222 valence electrons. The minimum Gasteiger partial charge on any atom is -0.369 e. The second-order valence-electron chi connectivity index (χ2n) is 10.6. The normalized spacial score (nSPS) is 15.7. The van der Waals surface area contributed by atoms with Crippen molar-refractivity contribution in [1.82, 2.24) is 20.2 Å². The van der Waals surface area contributed by atoms with Gasteiger partial charge >= 0.3 is 0 Å². The number of hydrogen-bond acceptors (Lipinski definition) is 7. The fourth-order valence-corrected chi connectivity index (χ4v) is 5.55. The van der Waals surface area contributed by atoms with Crippen LogP contribution in [0.1, 0.15) is 39.9 Å². The number of carbonyl (C=O) groups excluding carboxylic acids is 2. The largest absolute Gasteiger partial charge is 0.369 e. The van der Waals surface area contributed by atoms with Crippen LogP contribution in [0.5, 0.6) is 0 Å². The third kappa shape index (κ3) is 6.00. The van der Waals surface area contributed by atoms with Gasteiger partial charge in [-0.15, -0.1) is 0 Å². The molecule has 3 heterocycles. The number of rotatable bonds is 5. The number of fused-ring (bicyclic) bond motifs is 3. The van der Waals surface area contributed by atoms with Gasteiger partial charge in [0.05, 0.1) is 23.9 Å². The lowest BCUT2D eigenvalue weighted by molar-refractivity contribution is -0.122. The highest BCUT2D eigenvalue weighted by molar-refractivity contribution is 6.31. The summed E-state index contributed by atoms with van der Waals surface area (Å²) in [6.45, 7) is 1.14. The van der Waals surface area contributed by atoms with Crippen LogP contribution in [0.2, 0.25) is 5.02 Å². The van der Waals surface area contributed by atoms with E-state index in [1.165, 1.54) is 6.07 Å². The van der Waals surface area contributed by atoms with Gasteiger partial charge in [-0.25, -0.2) is 14.4 Å². The van der Waals surface area contributed by atoms with Crippen LogP contribution in [0.15, 0.2) is 77.9 Å². The molecular formula is C32H28ClFN8O2. The fraction of sp³-hybridized carbons (Fsp3) is 0.188. The summed E-state index contributed by atoms with van der Waals surface area (Å²) in [4.78, 5) is 40.0. The van der Waals surface area contributed by atoms with E-state index in [-0.39, 0.29) is 24.2 Å². The number of carbonyl (C=O) groups is 2. The summed E-state index contributed by atoms with van der Waals surface area (Å²) < 4.78 is 14.8. The fourth-order valence-electron chi connectivity index (χ4n) is 5.37. The van der Waals surface area contributed by atoms with Crippen molar-refractivity contribution >= 4 is 46.7 Å². The van der Waals surface area contributed by atoms with Crippen molar-refractivity contribution in [3.63, 3.8) is 0 Å². The zero-order chi connectivity index (χ0) is 30.8. The first-order chi connectivity index (χ1) is 21.3. The van der Waals surface area contributed by atoms with Gasteiger partial charge in [0.25, 0.3) is 5.91 Å².